The molecule has 1 aromatic carbocycles. The van der Waals surface area contributed by atoms with Crippen molar-refractivity contribution in [3.63, 3.8) is 0 Å². The van der Waals surface area contributed by atoms with Crippen LogP contribution in [0.15, 0.2) is 12.1 Å². The Kier molecular flexibility index (Phi) is 4.42. The summed E-state index contributed by atoms with van der Waals surface area (Å²) < 4.78 is 31.3. The fraction of sp³-hybridized carbons (Fsp3) is 0.364. The van der Waals surface area contributed by atoms with Crippen LogP contribution in [0.2, 0.25) is 0 Å². The lowest BCUT2D eigenvalue weighted by molar-refractivity contribution is -0.143. The van der Waals surface area contributed by atoms with Gasteiger partial charge in [-0.1, -0.05) is 0 Å². The molecule has 1 aliphatic rings. The van der Waals surface area contributed by atoms with Gasteiger partial charge in [0.15, 0.2) is 0 Å². The zero-order valence-corrected chi connectivity index (χ0v) is 9.94. The molecule has 2 rings (SSSR count). The average molecular weight is 264 g/mol. The van der Waals surface area contributed by atoms with E-state index >= 15 is 0 Å². The van der Waals surface area contributed by atoms with E-state index in [4.69, 9.17) is 0 Å². The first-order valence-electron chi connectivity index (χ1n) is 4.90. The molecule has 0 aliphatic carbocycles. The molecule has 0 bridgehead atoms. The second-order valence-electron chi connectivity index (χ2n) is 3.65. The summed E-state index contributed by atoms with van der Waals surface area (Å²) in [7, 11) is 1.27. The molecule has 17 heavy (non-hydrogen) atoms. The summed E-state index contributed by atoms with van der Waals surface area (Å²) in [6, 6.07) is 1.57. The van der Waals surface area contributed by atoms with Crippen molar-refractivity contribution >= 4 is 18.4 Å². The van der Waals surface area contributed by atoms with Crippen LogP contribution in [-0.2, 0) is 22.5 Å². The second-order valence-corrected chi connectivity index (χ2v) is 3.65. The van der Waals surface area contributed by atoms with Crippen LogP contribution in [-0.4, -0.2) is 19.1 Å². The number of carbonyl (C=O) groups is 1. The van der Waals surface area contributed by atoms with Crippen molar-refractivity contribution in [1.29, 1.82) is 0 Å². The van der Waals surface area contributed by atoms with Crippen LogP contribution in [0.1, 0.15) is 11.1 Å². The number of hydrogen-bond acceptors (Lipinski definition) is 3. The third-order valence-corrected chi connectivity index (χ3v) is 2.74. The Morgan fingerprint density at radius 2 is 1.94 bits per heavy atom. The minimum absolute atomic E-state index is 0. The van der Waals surface area contributed by atoms with Crippen molar-refractivity contribution in [2.24, 2.45) is 0 Å². The van der Waals surface area contributed by atoms with Gasteiger partial charge in [-0.25, -0.2) is 8.78 Å². The summed E-state index contributed by atoms with van der Waals surface area (Å²) in [5, 5.41) is 2.81. The molecule has 1 atom stereocenters. The van der Waals surface area contributed by atoms with Gasteiger partial charge in [0.05, 0.1) is 7.11 Å². The molecule has 1 heterocycles. The lowest BCUT2D eigenvalue weighted by atomic mass is 9.95. The lowest BCUT2D eigenvalue weighted by Gasteiger charge is -2.24. The zero-order chi connectivity index (χ0) is 11.7. The van der Waals surface area contributed by atoms with Gasteiger partial charge in [-0.05, 0) is 17.7 Å². The Morgan fingerprint density at radius 3 is 2.53 bits per heavy atom. The van der Waals surface area contributed by atoms with Crippen LogP contribution in [0.4, 0.5) is 8.78 Å². The highest BCUT2D eigenvalue weighted by Crippen LogP contribution is 2.23. The predicted octanol–water partition coefficient (Wildman–Crippen LogP) is 1.57. The number of fused-ring (bicyclic) bond motifs is 1. The van der Waals surface area contributed by atoms with Crippen molar-refractivity contribution in [2.45, 2.75) is 19.0 Å². The monoisotopic (exact) mass is 263 g/mol. The van der Waals surface area contributed by atoms with Crippen LogP contribution in [0.25, 0.3) is 0 Å². The Morgan fingerprint density at radius 1 is 1.35 bits per heavy atom. The van der Waals surface area contributed by atoms with Gasteiger partial charge in [0.1, 0.15) is 17.7 Å². The van der Waals surface area contributed by atoms with Crippen LogP contribution < -0.4 is 5.32 Å². The molecule has 0 radical (unpaired) electrons. The highest BCUT2D eigenvalue weighted by molar-refractivity contribution is 5.85. The van der Waals surface area contributed by atoms with Crippen LogP contribution >= 0.6 is 12.4 Å². The Bertz CT molecular complexity index is 440. The molecule has 0 fully saturated rings. The van der Waals surface area contributed by atoms with E-state index in [1.165, 1.54) is 7.11 Å². The van der Waals surface area contributed by atoms with Gasteiger partial charge < -0.3 is 4.74 Å². The lowest BCUT2D eigenvalue weighted by Crippen LogP contribution is -2.43. The molecule has 1 N–H and O–H groups in total. The Labute approximate surface area is 104 Å². The number of ether oxygens (including phenoxy) is 1. The van der Waals surface area contributed by atoms with Crippen molar-refractivity contribution in [3.8, 4) is 0 Å². The van der Waals surface area contributed by atoms with Crippen LogP contribution in [0.5, 0.6) is 0 Å². The van der Waals surface area contributed by atoms with E-state index in [0.717, 1.165) is 12.1 Å². The predicted molar refractivity (Wildman–Crippen MR) is 60.0 cm³/mol. The number of carbonyl (C=O) groups excluding carboxylic acids is 1. The molecular formula is C11H12ClF2NO2. The number of esters is 1. The Balaban J connectivity index is 0.00000144. The summed E-state index contributed by atoms with van der Waals surface area (Å²) in [5.74, 6) is -1.40. The van der Waals surface area contributed by atoms with Gasteiger partial charge in [0.2, 0.25) is 0 Å². The summed E-state index contributed by atoms with van der Waals surface area (Å²) in [6.45, 7) is 0.138. The summed E-state index contributed by atoms with van der Waals surface area (Å²) in [5.41, 5.74) is 0.550. The molecule has 3 nitrogen and oxygen atoms in total. The topological polar surface area (TPSA) is 38.3 Å². The first-order chi connectivity index (χ1) is 7.63. The van der Waals surface area contributed by atoms with Crippen molar-refractivity contribution in [3.05, 3.63) is 34.9 Å². The first-order valence-corrected chi connectivity index (χ1v) is 4.90. The van der Waals surface area contributed by atoms with E-state index in [1.807, 2.05) is 0 Å². The molecule has 6 heteroatoms. The van der Waals surface area contributed by atoms with Crippen molar-refractivity contribution < 1.29 is 18.3 Å². The fourth-order valence-corrected chi connectivity index (χ4v) is 1.86. The van der Waals surface area contributed by atoms with Crippen molar-refractivity contribution in [2.75, 3.05) is 7.11 Å². The molecular weight excluding hydrogens is 252 g/mol. The highest BCUT2D eigenvalue weighted by atomic mass is 35.5. The average Bonchev–Trinajstić information content (AvgIpc) is 2.32. The minimum Gasteiger partial charge on any atom is -0.468 e. The first kappa shape index (κ1) is 13.9. The minimum atomic E-state index is -0.603. The van der Waals surface area contributed by atoms with E-state index in [0.29, 0.717) is 5.56 Å². The zero-order valence-electron chi connectivity index (χ0n) is 9.13. The second kappa shape index (κ2) is 5.42. The normalized spacial score (nSPS) is 17.9. The summed E-state index contributed by atoms with van der Waals surface area (Å²) in [6.07, 6.45) is 0.117. The van der Waals surface area contributed by atoms with Gasteiger partial charge in [0.25, 0.3) is 0 Å². The highest BCUT2D eigenvalue weighted by Gasteiger charge is 2.28. The summed E-state index contributed by atoms with van der Waals surface area (Å²) in [4.78, 5) is 11.3. The molecule has 0 amide bonds. The van der Waals surface area contributed by atoms with Crippen LogP contribution in [0, 0.1) is 11.6 Å². The van der Waals surface area contributed by atoms with E-state index in [9.17, 15) is 13.6 Å². The maximum Gasteiger partial charge on any atom is 0.323 e. The standard InChI is InChI=1S/C11H11F2NO2.ClH/c1-16-11(15)10-4-6-7(5-14-10)9(13)3-2-8(6)12;/h2-3,10,14H,4-5H2,1H3;1H. The molecule has 0 saturated carbocycles. The quantitative estimate of drug-likeness (QED) is 0.782. The molecule has 0 aromatic heterocycles. The smallest absolute Gasteiger partial charge is 0.323 e. The third kappa shape index (κ3) is 2.56. The van der Waals surface area contributed by atoms with Gasteiger partial charge in [-0.15, -0.1) is 12.4 Å². The Hall–Kier alpha value is -1.20. The maximum absolute atomic E-state index is 13.4. The van der Waals surface area contributed by atoms with E-state index in [2.05, 4.69) is 10.1 Å². The molecule has 0 saturated heterocycles. The van der Waals surface area contributed by atoms with Gasteiger partial charge in [0, 0.05) is 18.5 Å². The summed E-state index contributed by atoms with van der Waals surface area (Å²) >= 11 is 0. The van der Waals surface area contributed by atoms with E-state index < -0.39 is 23.6 Å². The molecule has 94 valence electrons. The van der Waals surface area contributed by atoms with Gasteiger partial charge in [-0.3, -0.25) is 10.1 Å². The maximum atomic E-state index is 13.4. The van der Waals surface area contributed by atoms with Gasteiger partial charge >= 0.3 is 5.97 Å². The van der Waals surface area contributed by atoms with E-state index in [1.54, 1.807) is 0 Å². The fourth-order valence-electron chi connectivity index (χ4n) is 1.86. The SMILES string of the molecule is COC(=O)C1Cc2c(F)ccc(F)c2CN1.Cl. The van der Waals surface area contributed by atoms with Crippen LogP contribution in [0.3, 0.4) is 0 Å². The van der Waals surface area contributed by atoms with Crippen molar-refractivity contribution in [1.82, 2.24) is 5.32 Å². The van der Waals surface area contributed by atoms with Gasteiger partial charge in [-0.2, -0.15) is 0 Å². The molecule has 1 aliphatic heterocycles. The molecule has 1 aromatic rings. The van der Waals surface area contributed by atoms with E-state index in [-0.39, 0.29) is 30.9 Å². The number of rotatable bonds is 1. The number of nitrogens with one attached hydrogen (secondary N) is 1. The third-order valence-electron chi connectivity index (χ3n) is 2.74. The number of methoxy groups -OCH3 is 1. The molecule has 0 spiro atoms. The number of hydrogen-bond donors (Lipinski definition) is 1. The number of benzene rings is 1. The molecule has 1 unspecified atom stereocenters. The largest absolute Gasteiger partial charge is 0.468 e. The number of halogens is 3.